The lowest BCUT2D eigenvalue weighted by atomic mass is 10.00. The summed E-state index contributed by atoms with van der Waals surface area (Å²) >= 11 is 1.97. The van der Waals surface area contributed by atoms with Gasteiger partial charge in [0.1, 0.15) is 0 Å². The van der Waals surface area contributed by atoms with Crippen LogP contribution in [0.1, 0.15) is 19.3 Å². The van der Waals surface area contributed by atoms with Gasteiger partial charge >= 0.3 is 0 Å². The molecule has 0 radical (unpaired) electrons. The van der Waals surface area contributed by atoms with Crippen LogP contribution in [0.3, 0.4) is 0 Å². The first-order chi connectivity index (χ1) is 8.84. The molecule has 3 aliphatic rings. The Morgan fingerprint density at radius 2 is 2.28 bits per heavy atom. The molecule has 0 aromatic carbocycles. The van der Waals surface area contributed by atoms with Crippen molar-refractivity contribution in [3.05, 3.63) is 0 Å². The Hall–Kier alpha value is -0.260. The van der Waals surface area contributed by atoms with Crippen LogP contribution in [0.2, 0.25) is 0 Å². The Kier molecular flexibility index (Phi) is 4.11. The molecule has 4 nitrogen and oxygen atoms in total. The number of thioether (sulfide) groups is 1. The van der Waals surface area contributed by atoms with Gasteiger partial charge in [0.15, 0.2) is 0 Å². The molecule has 1 N–H and O–H groups in total. The van der Waals surface area contributed by atoms with Crippen molar-refractivity contribution in [2.45, 2.75) is 31.4 Å². The van der Waals surface area contributed by atoms with E-state index in [0.29, 0.717) is 11.9 Å². The normalized spacial score (nSPS) is 32.4. The van der Waals surface area contributed by atoms with Crippen LogP contribution in [0.5, 0.6) is 0 Å². The number of hydrogen-bond acceptors (Lipinski definition) is 4. The molecule has 102 valence electrons. The van der Waals surface area contributed by atoms with Crippen LogP contribution < -0.4 is 5.32 Å². The minimum atomic E-state index is 0.219. The van der Waals surface area contributed by atoms with E-state index in [1.807, 2.05) is 11.8 Å². The molecule has 0 spiro atoms. The van der Waals surface area contributed by atoms with Gasteiger partial charge in [0.25, 0.3) is 0 Å². The maximum atomic E-state index is 12.5. The molecule has 3 saturated heterocycles. The molecule has 0 bridgehead atoms. The van der Waals surface area contributed by atoms with E-state index < -0.39 is 0 Å². The van der Waals surface area contributed by atoms with Crippen molar-refractivity contribution in [3.63, 3.8) is 0 Å². The maximum Gasteiger partial charge on any atom is 0.228 e. The summed E-state index contributed by atoms with van der Waals surface area (Å²) in [5, 5.41) is 3.20. The van der Waals surface area contributed by atoms with Crippen LogP contribution in [0, 0.1) is 5.92 Å². The van der Waals surface area contributed by atoms with Crippen molar-refractivity contribution in [2.24, 2.45) is 5.92 Å². The van der Waals surface area contributed by atoms with E-state index in [0.717, 1.165) is 51.3 Å². The van der Waals surface area contributed by atoms with E-state index >= 15 is 0 Å². The predicted octanol–water partition coefficient (Wildman–Crippen LogP) is 0.719. The third-order valence-electron chi connectivity index (χ3n) is 4.18. The summed E-state index contributed by atoms with van der Waals surface area (Å²) < 4.78 is 5.71. The predicted molar refractivity (Wildman–Crippen MR) is 72.8 cm³/mol. The van der Waals surface area contributed by atoms with Crippen molar-refractivity contribution in [3.8, 4) is 0 Å². The monoisotopic (exact) mass is 270 g/mol. The van der Waals surface area contributed by atoms with Crippen LogP contribution in [0.25, 0.3) is 0 Å². The Morgan fingerprint density at radius 3 is 2.83 bits per heavy atom. The van der Waals surface area contributed by atoms with E-state index in [4.69, 9.17) is 4.74 Å². The molecule has 0 aliphatic carbocycles. The van der Waals surface area contributed by atoms with Gasteiger partial charge in [-0.15, -0.1) is 0 Å². The first-order valence-corrected chi connectivity index (χ1v) is 8.20. The van der Waals surface area contributed by atoms with Crippen LogP contribution in [-0.2, 0) is 9.53 Å². The molecular weight excluding hydrogens is 248 g/mol. The molecule has 1 amide bonds. The lowest BCUT2D eigenvalue weighted by Gasteiger charge is -2.36. The quantitative estimate of drug-likeness (QED) is 0.817. The van der Waals surface area contributed by atoms with Crippen LogP contribution in [0.15, 0.2) is 0 Å². The molecule has 0 aromatic heterocycles. The summed E-state index contributed by atoms with van der Waals surface area (Å²) in [5.74, 6) is 2.88. The van der Waals surface area contributed by atoms with Crippen molar-refractivity contribution in [1.29, 1.82) is 0 Å². The number of ether oxygens (including phenoxy) is 1. The standard InChI is InChI=1S/C13H22N2O2S/c16-13(10-6-14-7-10)15(11-3-5-18-9-11)8-12-2-1-4-17-12/h10-12,14H,1-9H2. The third-order valence-corrected chi connectivity index (χ3v) is 5.33. The molecule has 0 aromatic rings. The van der Waals surface area contributed by atoms with E-state index in [1.165, 1.54) is 5.75 Å². The fourth-order valence-corrected chi connectivity index (χ4v) is 4.12. The third kappa shape index (κ3) is 2.68. The largest absolute Gasteiger partial charge is 0.376 e. The highest BCUT2D eigenvalue weighted by molar-refractivity contribution is 7.99. The number of hydrogen-bond donors (Lipinski definition) is 1. The zero-order valence-corrected chi connectivity index (χ0v) is 11.6. The highest BCUT2D eigenvalue weighted by Crippen LogP contribution is 2.26. The molecule has 5 heteroatoms. The molecule has 2 atom stereocenters. The molecular formula is C13H22N2O2S. The van der Waals surface area contributed by atoms with Gasteiger partial charge in [0.05, 0.1) is 12.0 Å². The molecule has 3 rings (SSSR count). The molecule has 2 unspecified atom stereocenters. The van der Waals surface area contributed by atoms with Crippen LogP contribution >= 0.6 is 11.8 Å². The Morgan fingerprint density at radius 1 is 1.39 bits per heavy atom. The van der Waals surface area contributed by atoms with E-state index in [1.54, 1.807) is 0 Å². The minimum absolute atomic E-state index is 0.219. The van der Waals surface area contributed by atoms with Gasteiger partial charge in [0, 0.05) is 38.0 Å². The minimum Gasteiger partial charge on any atom is -0.376 e. The van der Waals surface area contributed by atoms with Gasteiger partial charge in [-0.1, -0.05) is 0 Å². The fourth-order valence-electron chi connectivity index (χ4n) is 2.89. The summed E-state index contributed by atoms with van der Waals surface area (Å²) in [7, 11) is 0. The Bertz CT molecular complexity index is 297. The first kappa shape index (κ1) is 12.8. The summed E-state index contributed by atoms with van der Waals surface area (Å²) in [6.07, 6.45) is 3.71. The molecule has 3 fully saturated rings. The SMILES string of the molecule is O=C(C1CNC1)N(CC1CCCO1)C1CCSC1. The van der Waals surface area contributed by atoms with Crippen LogP contribution in [-0.4, -0.2) is 60.7 Å². The average molecular weight is 270 g/mol. The van der Waals surface area contributed by atoms with Gasteiger partial charge in [-0.2, -0.15) is 11.8 Å². The Balaban J connectivity index is 1.63. The zero-order valence-electron chi connectivity index (χ0n) is 10.8. The van der Waals surface area contributed by atoms with Crippen LogP contribution in [0.4, 0.5) is 0 Å². The Labute approximate surface area is 113 Å². The average Bonchev–Trinajstić information content (AvgIpc) is 2.96. The number of nitrogens with zero attached hydrogens (tertiary/aromatic N) is 1. The maximum absolute atomic E-state index is 12.5. The molecule has 3 aliphatic heterocycles. The number of amides is 1. The van der Waals surface area contributed by atoms with Crippen molar-refractivity contribution in [1.82, 2.24) is 10.2 Å². The smallest absolute Gasteiger partial charge is 0.228 e. The molecule has 3 heterocycles. The van der Waals surface area contributed by atoms with E-state index in [-0.39, 0.29) is 12.0 Å². The second-order valence-corrected chi connectivity index (χ2v) is 6.65. The lowest BCUT2D eigenvalue weighted by molar-refractivity contribution is -0.140. The summed E-state index contributed by atoms with van der Waals surface area (Å²) in [4.78, 5) is 14.7. The summed E-state index contributed by atoms with van der Waals surface area (Å²) in [6.45, 7) is 3.42. The second-order valence-electron chi connectivity index (χ2n) is 5.50. The van der Waals surface area contributed by atoms with Gasteiger partial charge in [-0.05, 0) is 25.0 Å². The highest BCUT2D eigenvalue weighted by atomic mass is 32.2. The number of carbonyl (C=O) groups excluding carboxylic acids is 1. The second kappa shape index (κ2) is 5.80. The zero-order chi connectivity index (χ0) is 12.4. The van der Waals surface area contributed by atoms with Gasteiger partial charge in [-0.3, -0.25) is 4.79 Å². The number of rotatable bonds is 4. The summed E-state index contributed by atoms with van der Waals surface area (Å²) in [6, 6.07) is 0.451. The fraction of sp³-hybridized carbons (Fsp3) is 0.923. The van der Waals surface area contributed by atoms with Gasteiger partial charge in [-0.25, -0.2) is 0 Å². The van der Waals surface area contributed by atoms with Crippen molar-refractivity contribution in [2.75, 3.05) is 37.7 Å². The van der Waals surface area contributed by atoms with E-state index in [2.05, 4.69) is 10.2 Å². The van der Waals surface area contributed by atoms with Gasteiger partial charge < -0.3 is 15.0 Å². The number of nitrogens with one attached hydrogen (secondary N) is 1. The number of carbonyl (C=O) groups is 1. The van der Waals surface area contributed by atoms with Gasteiger partial charge in [0.2, 0.25) is 5.91 Å². The first-order valence-electron chi connectivity index (χ1n) is 7.05. The summed E-state index contributed by atoms with van der Waals surface area (Å²) in [5.41, 5.74) is 0. The topological polar surface area (TPSA) is 41.6 Å². The highest BCUT2D eigenvalue weighted by Gasteiger charge is 2.36. The van der Waals surface area contributed by atoms with E-state index in [9.17, 15) is 4.79 Å². The van der Waals surface area contributed by atoms with Crippen molar-refractivity contribution < 1.29 is 9.53 Å². The lowest BCUT2D eigenvalue weighted by Crippen LogP contribution is -2.55. The van der Waals surface area contributed by atoms with Crippen molar-refractivity contribution >= 4 is 17.7 Å². The molecule has 0 saturated carbocycles. The molecule has 18 heavy (non-hydrogen) atoms.